The average molecular weight is 249 g/mol. The Balaban J connectivity index is 1.97. The van der Waals surface area contributed by atoms with Gasteiger partial charge in [-0.3, -0.25) is 0 Å². The van der Waals surface area contributed by atoms with E-state index in [1.807, 2.05) is 41.2 Å². The Morgan fingerprint density at radius 1 is 1.21 bits per heavy atom. The highest BCUT2D eigenvalue weighted by Crippen LogP contribution is 2.24. The van der Waals surface area contributed by atoms with Crippen molar-refractivity contribution >= 4 is 22.4 Å². The van der Waals surface area contributed by atoms with E-state index in [1.54, 1.807) is 6.20 Å². The number of fused-ring (bicyclic) bond motifs is 2. The Kier molecular flexibility index (Phi) is 1.91. The second kappa shape index (κ2) is 3.58. The summed E-state index contributed by atoms with van der Waals surface area (Å²) in [5, 5.41) is 1.16. The van der Waals surface area contributed by atoms with Crippen molar-refractivity contribution in [1.29, 1.82) is 0 Å². The van der Waals surface area contributed by atoms with Gasteiger partial charge in [0.15, 0.2) is 11.5 Å². The highest BCUT2D eigenvalue weighted by Gasteiger charge is 2.07. The third-order valence-electron chi connectivity index (χ3n) is 3.25. The summed E-state index contributed by atoms with van der Waals surface area (Å²) in [6.45, 7) is 0. The van der Waals surface area contributed by atoms with Gasteiger partial charge in [0.05, 0.1) is 5.69 Å². The summed E-state index contributed by atoms with van der Waals surface area (Å²) in [6, 6.07) is 8.21. The molecule has 0 aliphatic carbocycles. The van der Waals surface area contributed by atoms with Crippen molar-refractivity contribution in [3.63, 3.8) is 0 Å². The second-order valence-corrected chi connectivity index (χ2v) is 4.45. The molecule has 0 bridgehead atoms. The predicted molar refractivity (Wildman–Crippen MR) is 74.7 cm³/mol. The molecule has 0 radical (unpaired) electrons. The van der Waals surface area contributed by atoms with Gasteiger partial charge in [-0.25, -0.2) is 9.97 Å². The van der Waals surface area contributed by atoms with Crippen LogP contribution in [0.1, 0.15) is 0 Å². The lowest BCUT2D eigenvalue weighted by Crippen LogP contribution is -1.98. The number of rotatable bonds is 1. The number of nitrogens with zero attached hydrogens (tertiary/aromatic N) is 3. The van der Waals surface area contributed by atoms with Crippen LogP contribution in [0.25, 0.3) is 27.8 Å². The van der Waals surface area contributed by atoms with Gasteiger partial charge in [0.1, 0.15) is 0 Å². The van der Waals surface area contributed by atoms with Crippen LogP contribution in [-0.4, -0.2) is 19.4 Å². The molecule has 0 unspecified atom stereocenters. The number of benzene rings is 1. The molecule has 0 amide bonds. The standard InChI is InChI=1S/C14H11N5/c15-13-14-17-5-6-19(14)8-12(18-13)9-1-2-11-10(7-9)3-4-16-11/h1-8,16H,(H2,15,18). The number of aromatic nitrogens is 4. The number of aromatic amines is 1. The summed E-state index contributed by atoms with van der Waals surface area (Å²) in [4.78, 5) is 11.8. The molecule has 3 aromatic heterocycles. The molecule has 0 saturated carbocycles. The van der Waals surface area contributed by atoms with Crippen LogP contribution in [0, 0.1) is 0 Å². The molecule has 3 N–H and O–H groups in total. The first kappa shape index (κ1) is 10.1. The van der Waals surface area contributed by atoms with E-state index in [0.717, 1.165) is 22.2 Å². The molecule has 1 aromatic carbocycles. The summed E-state index contributed by atoms with van der Waals surface area (Å²) in [5.41, 5.74) is 9.60. The Morgan fingerprint density at radius 3 is 3.11 bits per heavy atom. The van der Waals surface area contributed by atoms with E-state index >= 15 is 0 Å². The molecule has 4 rings (SSSR count). The molecule has 4 aromatic rings. The molecule has 92 valence electrons. The van der Waals surface area contributed by atoms with Crippen molar-refractivity contribution < 1.29 is 0 Å². The van der Waals surface area contributed by atoms with Crippen molar-refractivity contribution in [2.45, 2.75) is 0 Å². The summed E-state index contributed by atoms with van der Waals surface area (Å²) in [6.07, 6.45) is 7.44. The van der Waals surface area contributed by atoms with Gasteiger partial charge in [-0.05, 0) is 18.2 Å². The zero-order valence-electron chi connectivity index (χ0n) is 10.0. The van der Waals surface area contributed by atoms with Crippen molar-refractivity contribution in [3.8, 4) is 11.3 Å². The third-order valence-corrected chi connectivity index (χ3v) is 3.25. The van der Waals surface area contributed by atoms with Gasteiger partial charge in [-0.1, -0.05) is 6.07 Å². The number of imidazole rings is 1. The first-order valence-electron chi connectivity index (χ1n) is 5.98. The Morgan fingerprint density at radius 2 is 2.16 bits per heavy atom. The predicted octanol–water partition coefficient (Wildman–Crippen LogP) is 2.46. The highest BCUT2D eigenvalue weighted by molar-refractivity contribution is 5.84. The smallest absolute Gasteiger partial charge is 0.179 e. The Bertz CT molecular complexity index is 887. The van der Waals surface area contributed by atoms with Crippen molar-refractivity contribution in [3.05, 3.63) is 49.1 Å². The highest BCUT2D eigenvalue weighted by atomic mass is 15.0. The number of H-pyrrole nitrogens is 1. The number of nitrogen functional groups attached to an aromatic ring is 1. The van der Waals surface area contributed by atoms with Crippen molar-refractivity contribution in [1.82, 2.24) is 19.4 Å². The molecular weight excluding hydrogens is 238 g/mol. The van der Waals surface area contributed by atoms with Crippen molar-refractivity contribution in [2.75, 3.05) is 5.73 Å². The molecule has 0 atom stereocenters. The van der Waals surface area contributed by atoms with Crippen LogP contribution in [0.3, 0.4) is 0 Å². The van der Waals surface area contributed by atoms with Crippen LogP contribution in [0.2, 0.25) is 0 Å². The molecule has 0 aliphatic heterocycles. The molecular formula is C14H11N5. The maximum absolute atomic E-state index is 5.93. The number of hydrogen-bond acceptors (Lipinski definition) is 3. The Hall–Kier alpha value is -2.82. The van der Waals surface area contributed by atoms with Crippen LogP contribution in [0.5, 0.6) is 0 Å². The molecule has 0 aliphatic rings. The lowest BCUT2D eigenvalue weighted by molar-refractivity contribution is 1.14. The normalized spacial score (nSPS) is 11.4. The monoisotopic (exact) mass is 249 g/mol. The number of nitrogens with one attached hydrogen (secondary N) is 1. The molecule has 19 heavy (non-hydrogen) atoms. The zero-order valence-corrected chi connectivity index (χ0v) is 10.0. The van der Waals surface area contributed by atoms with Crippen LogP contribution in [-0.2, 0) is 0 Å². The fourth-order valence-corrected chi connectivity index (χ4v) is 2.31. The maximum atomic E-state index is 5.93. The summed E-state index contributed by atoms with van der Waals surface area (Å²) >= 11 is 0. The van der Waals surface area contributed by atoms with Gasteiger partial charge < -0.3 is 15.1 Å². The van der Waals surface area contributed by atoms with Crippen LogP contribution < -0.4 is 5.73 Å². The van der Waals surface area contributed by atoms with Crippen LogP contribution in [0.15, 0.2) is 49.1 Å². The van der Waals surface area contributed by atoms with Gasteiger partial charge in [0.2, 0.25) is 0 Å². The minimum atomic E-state index is 0.441. The largest absolute Gasteiger partial charge is 0.381 e. The minimum Gasteiger partial charge on any atom is -0.381 e. The lowest BCUT2D eigenvalue weighted by atomic mass is 10.1. The quantitative estimate of drug-likeness (QED) is 0.544. The maximum Gasteiger partial charge on any atom is 0.179 e. The SMILES string of the molecule is Nc1nc(-c2ccc3[nH]ccc3c2)cn2ccnc12. The molecule has 0 fully saturated rings. The zero-order chi connectivity index (χ0) is 12.8. The topological polar surface area (TPSA) is 72.0 Å². The summed E-state index contributed by atoms with van der Waals surface area (Å²) in [7, 11) is 0. The van der Waals surface area contributed by atoms with Gasteiger partial charge in [-0.15, -0.1) is 0 Å². The van der Waals surface area contributed by atoms with E-state index in [-0.39, 0.29) is 0 Å². The molecule has 5 heteroatoms. The Labute approximate surface area is 108 Å². The van der Waals surface area contributed by atoms with E-state index in [2.05, 4.69) is 21.0 Å². The first-order valence-corrected chi connectivity index (χ1v) is 5.98. The van der Waals surface area contributed by atoms with E-state index in [4.69, 9.17) is 5.73 Å². The van der Waals surface area contributed by atoms with E-state index in [9.17, 15) is 0 Å². The fourth-order valence-electron chi connectivity index (χ4n) is 2.31. The molecule has 5 nitrogen and oxygen atoms in total. The number of hydrogen-bond donors (Lipinski definition) is 2. The van der Waals surface area contributed by atoms with Gasteiger partial charge in [0.25, 0.3) is 0 Å². The van der Waals surface area contributed by atoms with Gasteiger partial charge in [-0.2, -0.15) is 0 Å². The summed E-state index contributed by atoms with van der Waals surface area (Å²) < 4.78 is 1.89. The third kappa shape index (κ3) is 1.48. The lowest BCUT2D eigenvalue weighted by Gasteiger charge is -2.04. The number of anilines is 1. The minimum absolute atomic E-state index is 0.441. The van der Waals surface area contributed by atoms with E-state index < -0.39 is 0 Å². The second-order valence-electron chi connectivity index (χ2n) is 4.45. The van der Waals surface area contributed by atoms with Gasteiger partial charge >= 0.3 is 0 Å². The fraction of sp³-hybridized carbons (Fsp3) is 0. The molecule has 0 saturated heterocycles. The van der Waals surface area contributed by atoms with E-state index in [0.29, 0.717) is 11.5 Å². The van der Waals surface area contributed by atoms with Crippen LogP contribution >= 0.6 is 0 Å². The van der Waals surface area contributed by atoms with Crippen molar-refractivity contribution in [2.24, 2.45) is 0 Å². The van der Waals surface area contributed by atoms with Gasteiger partial charge in [0, 0.05) is 41.3 Å². The first-order chi connectivity index (χ1) is 9.31. The summed E-state index contributed by atoms with van der Waals surface area (Å²) in [5.74, 6) is 0.441. The molecule has 0 spiro atoms. The average Bonchev–Trinajstić information content (AvgIpc) is 3.06. The van der Waals surface area contributed by atoms with Crippen LogP contribution in [0.4, 0.5) is 5.82 Å². The molecule has 3 heterocycles. The number of nitrogens with two attached hydrogens (primary N) is 1. The van der Waals surface area contributed by atoms with E-state index in [1.165, 1.54) is 0 Å².